The molecule has 0 bridgehead atoms. The summed E-state index contributed by atoms with van der Waals surface area (Å²) in [6.07, 6.45) is 6.16. The Balaban J connectivity index is 1.40. The fourth-order valence-corrected chi connectivity index (χ4v) is 5.34. The van der Waals surface area contributed by atoms with Crippen molar-refractivity contribution in [3.8, 4) is 16.2 Å². The van der Waals surface area contributed by atoms with Crippen LogP contribution in [0.1, 0.15) is 44.8 Å². The molecule has 32 heavy (non-hydrogen) atoms. The summed E-state index contributed by atoms with van der Waals surface area (Å²) >= 11 is 1.76. The van der Waals surface area contributed by atoms with Gasteiger partial charge in [0.1, 0.15) is 5.75 Å². The molecule has 0 spiro atoms. The van der Waals surface area contributed by atoms with E-state index < -0.39 is 0 Å². The first-order valence-corrected chi connectivity index (χ1v) is 11.8. The van der Waals surface area contributed by atoms with Crippen molar-refractivity contribution in [3.05, 3.63) is 81.7 Å². The van der Waals surface area contributed by atoms with Gasteiger partial charge in [0.25, 0.3) is 0 Å². The maximum Gasteiger partial charge on any atom is 0.225 e. The minimum atomic E-state index is -0.0972. The third-order valence-electron chi connectivity index (χ3n) is 6.19. The highest BCUT2D eigenvalue weighted by Crippen LogP contribution is 2.39. The molecule has 3 aromatic rings. The molecule has 2 aromatic carbocycles. The van der Waals surface area contributed by atoms with E-state index in [0.29, 0.717) is 23.6 Å². The number of aromatic hydroxyl groups is 1. The zero-order valence-corrected chi connectivity index (χ0v) is 18.8. The summed E-state index contributed by atoms with van der Waals surface area (Å²) in [5.41, 5.74) is 4.26. The highest BCUT2D eigenvalue weighted by molar-refractivity contribution is 7.15. The van der Waals surface area contributed by atoms with Gasteiger partial charge in [-0.05, 0) is 73.2 Å². The average Bonchev–Trinajstić information content (AvgIpc) is 3.58. The quantitative estimate of drug-likeness (QED) is 0.411. The molecule has 5 rings (SSSR count). The first-order chi connectivity index (χ1) is 15.5. The standard InChI is InChI=1S/C27H25NO3S/c1-17-13-21(14-20(26(17)30)9-10-23(29)18-5-3-2-4-6-18)25-15-22-16-28(12-11-24(22)32-25)27(31)19-7-8-19/h2-6,9-10,13-15,19,30H,7-8,11-12,16H2,1H3/b10-9+. The normalized spacial score (nSPS) is 15.7. The Bertz CT molecular complexity index is 1220. The summed E-state index contributed by atoms with van der Waals surface area (Å²) in [6.45, 7) is 3.36. The smallest absolute Gasteiger partial charge is 0.225 e. The molecule has 4 nitrogen and oxygen atoms in total. The molecular formula is C27H25NO3S. The fourth-order valence-electron chi connectivity index (χ4n) is 4.19. The number of allylic oxidation sites excluding steroid dienone is 1. The van der Waals surface area contributed by atoms with Crippen LogP contribution in [0.2, 0.25) is 0 Å². The lowest BCUT2D eigenvalue weighted by atomic mass is 10.0. The summed E-state index contributed by atoms with van der Waals surface area (Å²) in [7, 11) is 0. The van der Waals surface area contributed by atoms with E-state index in [1.54, 1.807) is 29.5 Å². The molecule has 0 atom stereocenters. The number of hydrogen-bond acceptors (Lipinski definition) is 4. The van der Waals surface area contributed by atoms with Crippen LogP contribution >= 0.6 is 11.3 Å². The van der Waals surface area contributed by atoms with Gasteiger partial charge >= 0.3 is 0 Å². The van der Waals surface area contributed by atoms with E-state index >= 15 is 0 Å². The maximum absolute atomic E-state index is 12.5. The summed E-state index contributed by atoms with van der Waals surface area (Å²) in [6, 6.07) is 15.2. The number of phenols is 1. The van der Waals surface area contributed by atoms with Crippen molar-refractivity contribution in [3.63, 3.8) is 0 Å². The van der Waals surface area contributed by atoms with Crippen LogP contribution in [-0.4, -0.2) is 28.2 Å². The van der Waals surface area contributed by atoms with Crippen LogP contribution in [0.3, 0.4) is 0 Å². The highest BCUT2D eigenvalue weighted by Gasteiger charge is 2.35. The molecule has 5 heteroatoms. The second-order valence-corrected chi connectivity index (χ2v) is 9.77. The zero-order chi connectivity index (χ0) is 22.2. The third kappa shape index (κ3) is 4.13. The lowest BCUT2D eigenvalue weighted by Gasteiger charge is -2.27. The SMILES string of the molecule is Cc1cc(-c2cc3c(s2)CCN(C(=O)C2CC2)C3)cc(/C=C/C(=O)c2ccccc2)c1O. The molecule has 1 N–H and O–H groups in total. The van der Waals surface area contributed by atoms with Crippen LogP contribution in [0.25, 0.3) is 16.5 Å². The Kier molecular flexibility index (Phi) is 5.43. The molecule has 1 aromatic heterocycles. The molecule has 1 aliphatic heterocycles. The van der Waals surface area contributed by atoms with Gasteiger partial charge in [-0.15, -0.1) is 11.3 Å². The lowest BCUT2D eigenvalue weighted by Crippen LogP contribution is -2.36. The van der Waals surface area contributed by atoms with E-state index in [9.17, 15) is 14.7 Å². The molecule has 1 amide bonds. The first kappa shape index (κ1) is 20.7. The maximum atomic E-state index is 12.5. The topological polar surface area (TPSA) is 57.6 Å². The first-order valence-electron chi connectivity index (χ1n) is 11.0. The second kappa shape index (κ2) is 8.40. The Hall–Kier alpha value is -3.18. The number of ketones is 1. The Morgan fingerprint density at radius 1 is 1.12 bits per heavy atom. The van der Waals surface area contributed by atoms with Crippen molar-refractivity contribution in [2.45, 2.75) is 32.7 Å². The van der Waals surface area contributed by atoms with Crippen molar-refractivity contribution < 1.29 is 14.7 Å². The van der Waals surface area contributed by atoms with Gasteiger partial charge < -0.3 is 10.0 Å². The van der Waals surface area contributed by atoms with Gasteiger partial charge in [0.05, 0.1) is 0 Å². The number of carbonyl (C=O) groups is 2. The van der Waals surface area contributed by atoms with Crippen LogP contribution in [-0.2, 0) is 17.8 Å². The molecule has 0 saturated heterocycles. The minimum absolute atomic E-state index is 0.0972. The van der Waals surface area contributed by atoms with Crippen LogP contribution in [0.4, 0.5) is 0 Å². The Morgan fingerprint density at radius 3 is 2.66 bits per heavy atom. The number of carbonyl (C=O) groups excluding carboxylic acids is 2. The molecule has 1 saturated carbocycles. The van der Waals surface area contributed by atoms with Gasteiger partial charge in [0, 0.05) is 39.9 Å². The summed E-state index contributed by atoms with van der Waals surface area (Å²) < 4.78 is 0. The largest absolute Gasteiger partial charge is 0.507 e. The van der Waals surface area contributed by atoms with Gasteiger partial charge in [-0.1, -0.05) is 30.3 Å². The second-order valence-electron chi connectivity index (χ2n) is 8.64. The van der Waals surface area contributed by atoms with Crippen molar-refractivity contribution in [2.75, 3.05) is 6.54 Å². The Labute approximate surface area is 191 Å². The molecule has 2 aliphatic rings. The Morgan fingerprint density at radius 2 is 1.91 bits per heavy atom. The van der Waals surface area contributed by atoms with E-state index in [1.807, 2.05) is 42.2 Å². The number of aryl methyl sites for hydroxylation is 1. The molecule has 1 aliphatic carbocycles. The average molecular weight is 444 g/mol. The minimum Gasteiger partial charge on any atom is -0.507 e. The summed E-state index contributed by atoms with van der Waals surface area (Å²) in [5, 5.41) is 10.6. The molecule has 1 fully saturated rings. The van der Waals surface area contributed by atoms with Crippen LogP contribution in [0.15, 0.2) is 54.6 Å². The van der Waals surface area contributed by atoms with Crippen LogP contribution in [0.5, 0.6) is 5.75 Å². The van der Waals surface area contributed by atoms with E-state index in [2.05, 4.69) is 6.07 Å². The number of fused-ring (bicyclic) bond motifs is 1. The van der Waals surface area contributed by atoms with E-state index in [0.717, 1.165) is 41.8 Å². The van der Waals surface area contributed by atoms with Gasteiger partial charge in [-0.25, -0.2) is 0 Å². The number of thiophene rings is 1. The molecule has 2 heterocycles. The molecule has 162 valence electrons. The van der Waals surface area contributed by atoms with Crippen molar-refractivity contribution in [2.24, 2.45) is 5.92 Å². The lowest BCUT2D eigenvalue weighted by molar-refractivity contribution is -0.133. The van der Waals surface area contributed by atoms with Gasteiger partial charge in [0.15, 0.2) is 5.78 Å². The summed E-state index contributed by atoms with van der Waals surface area (Å²) in [4.78, 5) is 29.4. The highest BCUT2D eigenvalue weighted by atomic mass is 32.1. The van der Waals surface area contributed by atoms with Gasteiger partial charge in [-0.2, -0.15) is 0 Å². The van der Waals surface area contributed by atoms with Crippen molar-refractivity contribution in [1.82, 2.24) is 4.90 Å². The van der Waals surface area contributed by atoms with Crippen LogP contribution < -0.4 is 0 Å². The molecular weight excluding hydrogens is 418 g/mol. The number of phenolic OH excluding ortho intramolecular Hbond substituents is 1. The zero-order valence-electron chi connectivity index (χ0n) is 18.0. The predicted molar refractivity (Wildman–Crippen MR) is 128 cm³/mol. The van der Waals surface area contributed by atoms with Crippen molar-refractivity contribution >= 4 is 29.1 Å². The number of amides is 1. The molecule has 0 radical (unpaired) electrons. The third-order valence-corrected chi connectivity index (χ3v) is 7.48. The number of nitrogens with zero attached hydrogens (tertiary/aromatic N) is 1. The summed E-state index contributed by atoms with van der Waals surface area (Å²) in [5.74, 6) is 0.648. The fraction of sp³-hybridized carbons (Fsp3) is 0.259. The number of rotatable bonds is 5. The predicted octanol–water partition coefficient (Wildman–Crippen LogP) is 5.62. The van der Waals surface area contributed by atoms with Gasteiger partial charge in [-0.3, -0.25) is 9.59 Å². The van der Waals surface area contributed by atoms with Crippen molar-refractivity contribution in [1.29, 1.82) is 0 Å². The van der Waals surface area contributed by atoms with Gasteiger partial charge in [0.2, 0.25) is 5.91 Å². The number of benzene rings is 2. The van der Waals surface area contributed by atoms with E-state index in [1.165, 1.54) is 16.5 Å². The molecule has 0 unspecified atom stereocenters. The monoisotopic (exact) mass is 443 g/mol. The number of hydrogen-bond donors (Lipinski definition) is 1. The van der Waals surface area contributed by atoms with E-state index in [4.69, 9.17) is 0 Å². The van der Waals surface area contributed by atoms with E-state index in [-0.39, 0.29) is 17.5 Å². The van der Waals surface area contributed by atoms with Crippen LogP contribution in [0, 0.1) is 12.8 Å².